The van der Waals surface area contributed by atoms with E-state index >= 15 is 0 Å². The number of hydrogen-bond donors (Lipinski definition) is 0. The summed E-state index contributed by atoms with van der Waals surface area (Å²) < 4.78 is 9.74. The van der Waals surface area contributed by atoms with Crippen LogP contribution in [0.4, 0.5) is 0 Å². The Bertz CT molecular complexity index is 254. The molecule has 1 rings (SSSR count). The van der Waals surface area contributed by atoms with Gasteiger partial charge < -0.3 is 9.47 Å². The Morgan fingerprint density at radius 3 is 2.64 bits per heavy atom. The van der Waals surface area contributed by atoms with Gasteiger partial charge in [0.2, 0.25) is 0 Å². The highest BCUT2D eigenvalue weighted by atomic mass is 32.1. The molecule has 0 fully saturated rings. The molecule has 60 valence electrons. The van der Waals surface area contributed by atoms with Gasteiger partial charge in [0.05, 0.1) is 7.11 Å². The van der Waals surface area contributed by atoms with Crippen molar-refractivity contribution in [2.45, 2.75) is 6.92 Å². The number of ether oxygens (including phenoxy) is 2. The van der Waals surface area contributed by atoms with Crippen molar-refractivity contribution in [3.8, 4) is 11.5 Å². The number of carbonyl (C=O) groups is 1. The third-order valence-electron chi connectivity index (χ3n) is 1.07. The van der Waals surface area contributed by atoms with Gasteiger partial charge in [0, 0.05) is 17.7 Å². The van der Waals surface area contributed by atoms with Crippen LogP contribution >= 0.6 is 11.3 Å². The third kappa shape index (κ3) is 1.94. The van der Waals surface area contributed by atoms with Crippen LogP contribution in [0.5, 0.6) is 11.5 Å². The molecule has 0 radical (unpaired) electrons. The van der Waals surface area contributed by atoms with Crippen molar-refractivity contribution < 1.29 is 14.3 Å². The summed E-state index contributed by atoms with van der Waals surface area (Å²) in [5, 5.41) is 3.50. The van der Waals surface area contributed by atoms with E-state index in [1.807, 2.05) is 0 Å². The quantitative estimate of drug-likeness (QED) is 0.637. The van der Waals surface area contributed by atoms with Crippen LogP contribution in [0.1, 0.15) is 6.92 Å². The summed E-state index contributed by atoms with van der Waals surface area (Å²) in [7, 11) is 1.54. The van der Waals surface area contributed by atoms with Crippen molar-refractivity contribution in [2.24, 2.45) is 0 Å². The average molecular weight is 172 g/mol. The first-order valence-corrected chi connectivity index (χ1v) is 3.97. The summed E-state index contributed by atoms with van der Waals surface area (Å²) in [6.07, 6.45) is 0. The summed E-state index contributed by atoms with van der Waals surface area (Å²) >= 11 is 1.43. The Kier molecular flexibility index (Phi) is 2.48. The number of methoxy groups -OCH3 is 1. The van der Waals surface area contributed by atoms with Crippen LogP contribution in [0.15, 0.2) is 10.8 Å². The van der Waals surface area contributed by atoms with Crippen molar-refractivity contribution in [1.29, 1.82) is 0 Å². The van der Waals surface area contributed by atoms with E-state index < -0.39 is 0 Å². The van der Waals surface area contributed by atoms with Gasteiger partial charge in [-0.3, -0.25) is 4.79 Å². The van der Waals surface area contributed by atoms with Crippen LogP contribution in [-0.4, -0.2) is 13.1 Å². The monoisotopic (exact) mass is 172 g/mol. The average Bonchev–Trinajstić information content (AvgIpc) is 2.34. The Morgan fingerprint density at radius 1 is 1.45 bits per heavy atom. The summed E-state index contributed by atoms with van der Waals surface area (Å²) in [6, 6.07) is 0. The summed E-state index contributed by atoms with van der Waals surface area (Å²) in [4.78, 5) is 10.5. The minimum absolute atomic E-state index is 0.332. The van der Waals surface area contributed by atoms with Crippen LogP contribution in [0.3, 0.4) is 0 Å². The van der Waals surface area contributed by atoms with Crippen molar-refractivity contribution in [1.82, 2.24) is 0 Å². The van der Waals surface area contributed by atoms with Gasteiger partial charge in [-0.05, 0) is 0 Å². The van der Waals surface area contributed by atoms with Crippen molar-refractivity contribution in [2.75, 3.05) is 7.11 Å². The first kappa shape index (κ1) is 8.07. The van der Waals surface area contributed by atoms with Crippen LogP contribution in [-0.2, 0) is 4.79 Å². The predicted molar refractivity (Wildman–Crippen MR) is 42.2 cm³/mol. The lowest BCUT2D eigenvalue weighted by molar-refractivity contribution is -0.131. The fourth-order valence-corrected chi connectivity index (χ4v) is 1.34. The van der Waals surface area contributed by atoms with E-state index in [0.29, 0.717) is 11.5 Å². The summed E-state index contributed by atoms with van der Waals surface area (Å²) in [6.45, 7) is 1.36. The Hall–Kier alpha value is -1.03. The third-order valence-corrected chi connectivity index (χ3v) is 1.77. The van der Waals surface area contributed by atoms with Gasteiger partial charge in [-0.2, -0.15) is 0 Å². The Labute approximate surface area is 68.6 Å². The summed E-state index contributed by atoms with van der Waals surface area (Å²) in [5.74, 6) is 0.761. The lowest BCUT2D eigenvalue weighted by atomic mass is 10.5. The Morgan fingerprint density at radius 2 is 2.09 bits per heavy atom. The minimum Gasteiger partial charge on any atom is -0.492 e. The normalized spacial score (nSPS) is 9.27. The highest BCUT2D eigenvalue weighted by Crippen LogP contribution is 2.30. The zero-order valence-corrected chi connectivity index (χ0v) is 7.10. The van der Waals surface area contributed by atoms with Gasteiger partial charge in [0.15, 0.2) is 11.5 Å². The second kappa shape index (κ2) is 3.39. The van der Waals surface area contributed by atoms with E-state index in [9.17, 15) is 4.79 Å². The van der Waals surface area contributed by atoms with Gasteiger partial charge in [0.1, 0.15) is 0 Å². The van der Waals surface area contributed by atoms with E-state index in [4.69, 9.17) is 9.47 Å². The highest BCUT2D eigenvalue weighted by molar-refractivity contribution is 7.08. The smallest absolute Gasteiger partial charge is 0.308 e. The van der Waals surface area contributed by atoms with E-state index in [-0.39, 0.29) is 5.97 Å². The molecule has 0 aliphatic heterocycles. The fraction of sp³-hybridized carbons (Fsp3) is 0.286. The molecule has 3 nitrogen and oxygen atoms in total. The molecule has 0 bridgehead atoms. The molecular formula is C7H8O3S. The molecule has 0 unspecified atom stereocenters. The maximum Gasteiger partial charge on any atom is 0.308 e. The van der Waals surface area contributed by atoms with Crippen LogP contribution in [0.25, 0.3) is 0 Å². The first-order valence-electron chi connectivity index (χ1n) is 3.02. The molecule has 4 heteroatoms. The molecule has 0 saturated heterocycles. The molecule has 0 N–H and O–H groups in total. The maximum atomic E-state index is 10.5. The molecule has 1 aromatic rings. The number of hydrogen-bond acceptors (Lipinski definition) is 4. The maximum absolute atomic E-state index is 10.5. The lowest BCUT2D eigenvalue weighted by Gasteiger charge is -2.00. The van der Waals surface area contributed by atoms with E-state index in [2.05, 4.69) is 0 Å². The molecule has 0 atom stereocenters. The fourth-order valence-electron chi connectivity index (χ4n) is 0.652. The second-order valence-corrected chi connectivity index (χ2v) is 2.64. The van der Waals surface area contributed by atoms with Crippen LogP contribution in [0.2, 0.25) is 0 Å². The zero-order chi connectivity index (χ0) is 8.27. The second-order valence-electron chi connectivity index (χ2n) is 1.90. The van der Waals surface area contributed by atoms with Crippen LogP contribution < -0.4 is 9.47 Å². The molecule has 0 saturated carbocycles. The zero-order valence-electron chi connectivity index (χ0n) is 6.29. The topological polar surface area (TPSA) is 35.5 Å². The first-order chi connectivity index (χ1) is 5.24. The molecule has 0 aliphatic rings. The van der Waals surface area contributed by atoms with Gasteiger partial charge in [-0.25, -0.2) is 0 Å². The van der Waals surface area contributed by atoms with Crippen molar-refractivity contribution >= 4 is 17.3 Å². The molecule has 1 aromatic heterocycles. The SMILES string of the molecule is COc1cscc1OC(C)=O. The highest BCUT2D eigenvalue weighted by Gasteiger charge is 2.06. The van der Waals surface area contributed by atoms with Gasteiger partial charge >= 0.3 is 5.97 Å². The number of rotatable bonds is 2. The largest absolute Gasteiger partial charge is 0.492 e. The van der Waals surface area contributed by atoms with Gasteiger partial charge in [0.25, 0.3) is 0 Å². The van der Waals surface area contributed by atoms with Gasteiger partial charge in [-0.1, -0.05) is 0 Å². The van der Waals surface area contributed by atoms with Crippen molar-refractivity contribution in [3.63, 3.8) is 0 Å². The van der Waals surface area contributed by atoms with E-state index in [0.717, 1.165) is 0 Å². The van der Waals surface area contributed by atoms with Crippen molar-refractivity contribution in [3.05, 3.63) is 10.8 Å². The Balaban J connectivity index is 2.76. The number of esters is 1. The van der Waals surface area contributed by atoms with Crippen LogP contribution in [0, 0.1) is 0 Å². The molecule has 0 aromatic carbocycles. The number of carbonyl (C=O) groups excluding carboxylic acids is 1. The molecular weight excluding hydrogens is 164 g/mol. The van der Waals surface area contributed by atoms with E-state index in [1.165, 1.54) is 25.4 Å². The van der Waals surface area contributed by atoms with E-state index in [1.54, 1.807) is 10.8 Å². The van der Waals surface area contributed by atoms with Gasteiger partial charge in [-0.15, -0.1) is 11.3 Å². The summed E-state index contributed by atoms with van der Waals surface area (Å²) in [5.41, 5.74) is 0. The molecule has 0 spiro atoms. The minimum atomic E-state index is -0.332. The molecule has 0 amide bonds. The number of thiophene rings is 1. The lowest BCUT2D eigenvalue weighted by Crippen LogP contribution is -2.01. The molecule has 0 aliphatic carbocycles. The predicted octanol–water partition coefficient (Wildman–Crippen LogP) is 1.68. The standard InChI is InChI=1S/C7H8O3S/c1-5(8)10-7-4-11-3-6(7)9-2/h3-4H,1-2H3. The molecule has 1 heterocycles. The molecule has 11 heavy (non-hydrogen) atoms.